The highest BCUT2D eigenvalue weighted by Gasteiger charge is 2.29. The lowest BCUT2D eigenvalue weighted by Gasteiger charge is -2.27. The van der Waals surface area contributed by atoms with Gasteiger partial charge in [0.2, 0.25) is 11.8 Å². The number of hydrogen-bond donors (Lipinski definition) is 3. The molecule has 5 heteroatoms. The molecule has 3 N–H and O–H groups in total. The molecular formula is C16H21N3O2. The van der Waals surface area contributed by atoms with Crippen molar-refractivity contribution in [3.8, 4) is 0 Å². The lowest BCUT2D eigenvalue weighted by molar-refractivity contribution is -0.130. The predicted octanol–water partition coefficient (Wildman–Crippen LogP) is 0.658. The van der Waals surface area contributed by atoms with Gasteiger partial charge in [-0.3, -0.25) is 9.59 Å². The van der Waals surface area contributed by atoms with Crippen molar-refractivity contribution >= 4 is 11.8 Å². The Morgan fingerprint density at radius 2 is 2.05 bits per heavy atom. The van der Waals surface area contributed by atoms with Gasteiger partial charge in [-0.1, -0.05) is 24.3 Å². The molecule has 0 saturated carbocycles. The smallest absolute Gasteiger partial charge is 0.242 e. The van der Waals surface area contributed by atoms with Crippen LogP contribution in [-0.4, -0.2) is 30.9 Å². The zero-order valence-electron chi connectivity index (χ0n) is 12.0. The minimum Gasteiger partial charge on any atom is -0.354 e. The second-order valence-corrected chi connectivity index (χ2v) is 5.68. The zero-order chi connectivity index (χ0) is 14.7. The second-order valence-electron chi connectivity index (χ2n) is 5.68. The van der Waals surface area contributed by atoms with E-state index >= 15 is 0 Å². The Morgan fingerprint density at radius 1 is 1.19 bits per heavy atom. The molecule has 2 aliphatic heterocycles. The summed E-state index contributed by atoms with van der Waals surface area (Å²) in [6, 6.07) is 7.23. The van der Waals surface area contributed by atoms with Gasteiger partial charge < -0.3 is 16.0 Å². The van der Waals surface area contributed by atoms with Gasteiger partial charge in [0.25, 0.3) is 0 Å². The average molecular weight is 287 g/mol. The molecule has 112 valence electrons. The molecule has 1 saturated heterocycles. The van der Waals surface area contributed by atoms with Crippen molar-refractivity contribution in [2.75, 3.05) is 13.1 Å². The molecule has 1 aromatic rings. The zero-order valence-corrected chi connectivity index (χ0v) is 12.0. The molecule has 0 bridgehead atoms. The number of fused-ring (bicyclic) bond motifs is 1. The summed E-state index contributed by atoms with van der Waals surface area (Å²) in [7, 11) is 0. The first-order valence-corrected chi connectivity index (χ1v) is 7.65. The summed E-state index contributed by atoms with van der Waals surface area (Å²) in [6.07, 6.45) is 3.58. The van der Waals surface area contributed by atoms with Gasteiger partial charge in [-0.25, -0.2) is 0 Å². The van der Waals surface area contributed by atoms with Crippen LogP contribution >= 0.6 is 0 Å². The second kappa shape index (κ2) is 6.26. The molecule has 21 heavy (non-hydrogen) atoms. The van der Waals surface area contributed by atoms with Crippen molar-refractivity contribution in [3.63, 3.8) is 0 Å². The molecule has 2 unspecified atom stereocenters. The number of carbonyl (C=O) groups excluding carboxylic acids is 2. The topological polar surface area (TPSA) is 70.2 Å². The van der Waals surface area contributed by atoms with Crippen LogP contribution in [0.1, 0.15) is 36.4 Å². The lowest BCUT2D eigenvalue weighted by atomic mass is 9.93. The van der Waals surface area contributed by atoms with Crippen LogP contribution in [-0.2, 0) is 16.0 Å². The Bertz CT molecular complexity index is 544. The summed E-state index contributed by atoms with van der Waals surface area (Å²) in [5.74, 6) is -0.172. The monoisotopic (exact) mass is 287 g/mol. The number of hydrogen-bond acceptors (Lipinski definition) is 3. The molecule has 3 rings (SSSR count). The van der Waals surface area contributed by atoms with E-state index in [9.17, 15) is 9.59 Å². The van der Waals surface area contributed by atoms with Gasteiger partial charge in [0, 0.05) is 13.1 Å². The standard InChI is InChI=1S/C16H21N3O2/c20-15-13(7-3-4-9-18-15)19-16(21)14-12-6-2-1-5-11(12)8-10-17-14/h1-2,5-6,13-14,17H,3-4,7-10H2,(H,18,20)(H,19,21). The highest BCUT2D eigenvalue weighted by molar-refractivity contribution is 5.90. The fraction of sp³-hybridized carbons (Fsp3) is 0.500. The Kier molecular flexibility index (Phi) is 4.20. The molecule has 2 aliphatic rings. The van der Waals surface area contributed by atoms with Crippen LogP contribution in [0.2, 0.25) is 0 Å². The third-order valence-electron chi connectivity index (χ3n) is 4.22. The van der Waals surface area contributed by atoms with E-state index < -0.39 is 6.04 Å². The number of amides is 2. The van der Waals surface area contributed by atoms with Gasteiger partial charge >= 0.3 is 0 Å². The molecule has 1 aromatic carbocycles. The van der Waals surface area contributed by atoms with E-state index in [4.69, 9.17) is 0 Å². The molecule has 2 atom stereocenters. The van der Waals surface area contributed by atoms with Gasteiger partial charge in [-0.15, -0.1) is 0 Å². The van der Waals surface area contributed by atoms with Crippen molar-refractivity contribution in [1.82, 2.24) is 16.0 Å². The molecule has 1 fully saturated rings. The summed E-state index contributed by atoms with van der Waals surface area (Å²) in [5.41, 5.74) is 2.23. The van der Waals surface area contributed by atoms with Crippen LogP contribution in [0, 0.1) is 0 Å². The maximum absolute atomic E-state index is 12.5. The van der Waals surface area contributed by atoms with Gasteiger partial charge in [-0.05, 0) is 36.8 Å². The molecular weight excluding hydrogens is 266 g/mol. The Balaban J connectivity index is 1.72. The molecule has 2 heterocycles. The Labute approximate surface area is 124 Å². The minimum atomic E-state index is -0.407. The number of nitrogens with one attached hydrogen (secondary N) is 3. The van der Waals surface area contributed by atoms with E-state index in [0.29, 0.717) is 13.0 Å². The average Bonchev–Trinajstić information content (AvgIpc) is 2.71. The quantitative estimate of drug-likeness (QED) is 0.748. The summed E-state index contributed by atoms with van der Waals surface area (Å²) in [4.78, 5) is 24.5. The van der Waals surface area contributed by atoms with Crippen molar-refractivity contribution in [2.24, 2.45) is 0 Å². The van der Waals surface area contributed by atoms with Crippen LogP contribution in [0.5, 0.6) is 0 Å². The van der Waals surface area contributed by atoms with Crippen LogP contribution in [0.25, 0.3) is 0 Å². The summed E-state index contributed by atoms with van der Waals surface area (Å²) in [6.45, 7) is 1.49. The molecule has 2 amide bonds. The first kappa shape index (κ1) is 14.1. The van der Waals surface area contributed by atoms with Crippen LogP contribution < -0.4 is 16.0 Å². The summed E-state index contributed by atoms with van der Waals surface area (Å²) < 4.78 is 0. The molecule has 5 nitrogen and oxygen atoms in total. The first-order valence-electron chi connectivity index (χ1n) is 7.65. The van der Waals surface area contributed by atoms with Crippen molar-refractivity contribution in [2.45, 2.75) is 37.8 Å². The molecule has 0 radical (unpaired) electrons. The maximum Gasteiger partial charge on any atom is 0.242 e. The predicted molar refractivity (Wildman–Crippen MR) is 79.7 cm³/mol. The Morgan fingerprint density at radius 3 is 2.95 bits per heavy atom. The third kappa shape index (κ3) is 3.08. The highest BCUT2D eigenvalue weighted by atomic mass is 16.2. The fourth-order valence-corrected chi connectivity index (χ4v) is 3.07. The lowest BCUT2D eigenvalue weighted by Crippen LogP contribution is -2.50. The number of benzene rings is 1. The maximum atomic E-state index is 12.5. The molecule has 0 aliphatic carbocycles. The van der Waals surface area contributed by atoms with E-state index in [1.165, 1.54) is 5.56 Å². The van der Waals surface area contributed by atoms with Crippen LogP contribution in [0.4, 0.5) is 0 Å². The van der Waals surface area contributed by atoms with Crippen LogP contribution in [0.3, 0.4) is 0 Å². The van der Waals surface area contributed by atoms with Gasteiger partial charge in [0.1, 0.15) is 12.1 Å². The van der Waals surface area contributed by atoms with E-state index in [0.717, 1.165) is 31.4 Å². The Hall–Kier alpha value is -1.88. The summed E-state index contributed by atoms with van der Waals surface area (Å²) >= 11 is 0. The number of rotatable bonds is 2. The van der Waals surface area contributed by atoms with E-state index in [1.54, 1.807) is 0 Å². The number of carbonyl (C=O) groups is 2. The van der Waals surface area contributed by atoms with Gasteiger partial charge in [-0.2, -0.15) is 0 Å². The largest absolute Gasteiger partial charge is 0.354 e. The minimum absolute atomic E-state index is 0.0649. The van der Waals surface area contributed by atoms with Crippen molar-refractivity contribution < 1.29 is 9.59 Å². The third-order valence-corrected chi connectivity index (χ3v) is 4.22. The van der Waals surface area contributed by atoms with Gasteiger partial charge in [0.05, 0.1) is 0 Å². The van der Waals surface area contributed by atoms with Gasteiger partial charge in [0.15, 0.2) is 0 Å². The van der Waals surface area contributed by atoms with E-state index in [2.05, 4.69) is 22.0 Å². The van der Waals surface area contributed by atoms with Crippen molar-refractivity contribution in [3.05, 3.63) is 35.4 Å². The molecule has 0 aromatic heterocycles. The molecule has 0 spiro atoms. The van der Waals surface area contributed by atoms with E-state index in [-0.39, 0.29) is 17.9 Å². The van der Waals surface area contributed by atoms with E-state index in [1.807, 2.05) is 18.2 Å². The SMILES string of the molecule is O=C1NCCCCC1NC(=O)C1NCCc2ccccc21. The normalized spacial score (nSPS) is 25.4. The highest BCUT2D eigenvalue weighted by Crippen LogP contribution is 2.23. The van der Waals surface area contributed by atoms with Crippen molar-refractivity contribution in [1.29, 1.82) is 0 Å². The first-order chi connectivity index (χ1) is 10.3. The fourth-order valence-electron chi connectivity index (χ4n) is 3.07. The van der Waals surface area contributed by atoms with Crippen LogP contribution in [0.15, 0.2) is 24.3 Å². The summed E-state index contributed by atoms with van der Waals surface area (Å²) in [5, 5.41) is 9.01.